The topological polar surface area (TPSA) is 35.5 Å². The molecular formula is C16H12ClFO3. The second-order valence-electron chi connectivity index (χ2n) is 4.72. The van der Waals surface area contributed by atoms with Crippen LogP contribution >= 0.6 is 11.6 Å². The molecule has 0 spiro atoms. The van der Waals surface area contributed by atoms with Gasteiger partial charge < -0.3 is 9.47 Å². The van der Waals surface area contributed by atoms with Crippen LogP contribution in [0, 0.1) is 5.82 Å². The number of ether oxygens (including phenoxy) is 2. The van der Waals surface area contributed by atoms with Gasteiger partial charge in [-0.25, -0.2) is 4.39 Å². The summed E-state index contributed by atoms with van der Waals surface area (Å²) in [6.45, 7) is 0.142. The predicted octanol–water partition coefficient (Wildman–Crippen LogP) is 3.43. The summed E-state index contributed by atoms with van der Waals surface area (Å²) >= 11 is 5.86. The van der Waals surface area contributed by atoms with E-state index in [0.717, 1.165) is 0 Å². The van der Waals surface area contributed by atoms with E-state index < -0.39 is 11.9 Å². The van der Waals surface area contributed by atoms with Crippen molar-refractivity contribution in [2.45, 2.75) is 12.5 Å². The van der Waals surface area contributed by atoms with Gasteiger partial charge in [0.15, 0.2) is 23.4 Å². The van der Waals surface area contributed by atoms with E-state index in [-0.39, 0.29) is 23.8 Å². The molecule has 0 N–H and O–H groups in total. The minimum Gasteiger partial charge on any atom is -0.485 e. The number of benzene rings is 2. The number of carbonyl (C=O) groups is 1. The zero-order valence-corrected chi connectivity index (χ0v) is 11.8. The van der Waals surface area contributed by atoms with Crippen LogP contribution in [0.5, 0.6) is 11.5 Å². The third-order valence-electron chi connectivity index (χ3n) is 3.26. The zero-order valence-electron chi connectivity index (χ0n) is 11.0. The van der Waals surface area contributed by atoms with Gasteiger partial charge in [-0.3, -0.25) is 4.79 Å². The highest BCUT2D eigenvalue weighted by molar-refractivity contribution is 6.31. The van der Waals surface area contributed by atoms with Gasteiger partial charge in [-0.1, -0.05) is 35.9 Å². The van der Waals surface area contributed by atoms with Crippen LogP contribution in [-0.2, 0) is 11.2 Å². The Bertz CT molecular complexity index is 687. The summed E-state index contributed by atoms with van der Waals surface area (Å²) in [5, 5.41) is -0.0250. The quantitative estimate of drug-likeness (QED) is 0.871. The molecule has 108 valence electrons. The Hall–Kier alpha value is -2.07. The summed E-state index contributed by atoms with van der Waals surface area (Å²) in [6.07, 6.45) is -0.702. The average molecular weight is 307 g/mol. The molecule has 1 aliphatic rings. The van der Waals surface area contributed by atoms with Crippen LogP contribution in [-0.4, -0.2) is 18.5 Å². The number of hydrogen-bond donors (Lipinski definition) is 0. The van der Waals surface area contributed by atoms with E-state index in [0.29, 0.717) is 17.1 Å². The first-order valence-electron chi connectivity index (χ1n) is 6.49. The average Bonchev–Trinajstić information content (AvgIpc) is 2.51. The smallest absolute Gasteiger partial charge is 0.191 e. The van der Waals surface area contributed by atoms with Crippen LogP contribution in [0.4, 0.5) is 4.39 Å². The molecule has 1 aliphatic heterocycles. The lowest BCUT2D eigenvalue weighted by Crippen LogP contribution is -2.37. The fraction of sp³-hybridized carbons (Fsp3) is 0.188. The summed E-state index contributed by atoms with van der Waals surface area (Å²) in [5.74, 6) is 0.419. The van der Waals surface area contributed by atoms with Gasteiger partial charge in [-0.15, -0.1) is 0 Å². The van der Waals surface area contributed by atoms with Crippen molar-refractivity contribution in [2.75, 3.05) is 6.61 Å². The van der Waals surface area contributed by atoms with E-state index in [4.69, 9.17) is 21.1 Å². The number of Topliss-reactive ketones (excluding diaryl/α,β-unsaturated/α-hetero) is 1. The van der Waals surface area contributed by atoms with Crippen LogP contribution in [0.1, 0.15) is 5.56 Å². The van der Waals surface area contributed by atoms with Crippen LogP contribution in [0.25, 0.3) is 0 Å². The lowest BCUT2D eigenvalue weighted by atomic mass is 10.0. The number of halogens is 2. The number of ketones is 1. The summed E-state index contributed by atoms with van der Waals surface area (Å²) in [5.41, 5.74) is 0.448. The molecule has 5 heteroatoms. The Balaban J connectivity index is 1.74. The molecule has 0 fully saturated rings. The number of fused-ring (bicyclic) bond motifs is 1. The lowest BCUT2D eigenvalue weighted by molar-refractivity contribution is -0.127. The van der Waals surface area contributed by atoms with Gasteiger partial charge >= 0.3 is 0 Å². The molecule has 0 aromatic heterocycles. The zero-order chi connectivity index (χ0) is 14.8. The van der Waals surface area contributed by atoms with Gasteiger partial charge in [0.05, 0.1) is 5.02 Å². The third kappa shape index (κ3) is 2.85. The number of carbonyl (C=O) groups excluding carboxylic acids is 1. The summed E-state index contributed by atoms with van der Waals surface area (Å²) in [6, 6.07) is 11.6. The number of para-hydroxylation sites is 2. The fourth-order valence-electron chi connectivity index (χ4n) is 2.16. The Morgan fingerprint density at radius 3 is 2.76 bits per heavy atom. The van der Waals surface area contributed by atoms with Crippen molar-refractivity contribution in [2.24, 2.45) is 0 Å². The molecule has 1 atom stereocenters. The highest BCUT2D eigenvalue weighted by Gasteiger charge is 2.27. The maximum Gasteiger partial charge on any atom is 0.191 e. The van der Waals surface area contributed by atoms with E-state index in [9.17, 15) is 9.18 Å². The summed E-state index contributed by atoms with van der Waals surface area (Å²) in [4.78, 5) is 12.3. The van der Waals surface area contributed by atoms with E-state index >= 15 is 0 Å². The van der Waals surface area contributed by atoms with Crippen molar-refractivity contribution in [1.29, 1.82) is 0 Å². The molecule has 0 saturated carbocycles. The molecule has 3 nitrogen and oxygen atoms in total. The van der Waals surface area contributed by atoms with Gasteiger partial charge in [0.2, 0.25) is 0 Å². The largest absolute Gasteiger partial charge is 0.485 e. The summed E-state index contributed by atoms with van der Waals surface area (Å²) in [7, 11) is 0. The molecule has 2 aromatic carbocycles. The third-order valence-corrected chi connectivity index (χ3v) is 3.69. The van der Waals surface area contributed by atoms with E-state index in [2.05, 4.69) is 0 Å². The summed E-state index contributed by atoms with van der Waals surface area (Å²) < 4.78 is 24.5. The molecule has 2 aromatic rings. The molecular weight excluding hydrogens is 295 g/mol. The van der Waals surface area contributed by atoms with E-state index in [1.54, 1.807) is 24.3 Å². The highest BCUT2D eigenvalue weighted by Crippen LogP contribution is 2.31. The Morgan fingerprint density at radius 1 is 1.19 bits per heavy atom. The Morgan fingerprint density at radius 2 is 1.95 bits per heavy atom. The predicted molar refractivity (Wildman–Crippen MR) is 76.5 cm³/mol. The first-order valence-corrected chi connectivity index (χ1v) is 6.87. The first-order chi connectivity index (χ1) is 10.1. The van der Waals surface area contributed by atoms with Crippen molar-refractivity contribution in [3.63, 3.8) is 0 Å². The molecule has 0 saturated heterocycles. The van der Waals surface area contributed by atoms with Crippen LogP contribution in [0.3, 0.4) is 0 Å². The second kappa shape index (κ2) is 5.74. The van der Waals surface area contributed by atoms with Gasteiger partial charge in [-0.2, -0.15) is 0 Å². The van der Waals surface area contributed by atoms with Gasteiger partial charge in [0.1, 0.15) is 12.4 Å². The second-order valence-corrected chi connectivity index (χ2v) is 5.10. The van der Waals surface area contributed by atoms with E-state index in [1.165, 1.54) is 12.1 Å². The minimum absolute atomic E-state index is 0.00673. The SMILES string of the molecule is O=C(Cc1cccc(F)c1Cl)C1COc2ccccc2O1. The lowest BCUT2D eigenvalue weighted by Gasteiger charge is -2.25. The van der Waals surface area contributed by atoms with E-state index in [1.807, 2.05) is 6.07 Å². The molecule has 1 heterocycles. The normalized spacial score (nSPS) is 16.6. The van der Waals surface area contributed by atoms with Crippen molar-refractivity contribution < 1.29 is 18.7 Å². The molecule has 0 bridgehead atoms. The first kappa shape index (κ1) is 13.9. The number of rotatable bonds is 3. The van der Waals surface area contributed by atoms with Crippen molar-refractivity contribution in [3.05, 3.63) is 58.9 Å². The minimum atomic E-state index is -0.709. The van der Waals surface area contributed by atoms with Crippen LogP contribution in [0.15, 0.2) is 42.5 Å². The molecule has 0 radical (unpaired) electrons. The fourth-order valence-corrected chi connectivity index (χ4v) is 2.36. The monoisotopic (exact) mass is 306 g/mol. The molecule has 21 heavy (non-hydrogen) atoms. The van der Waals surface area contributed by atoms with Crippen LogP contribution < -0.4 is 9.47 Å². The Labute approximate surface area is 126 Å². The Kier molecular flexibility index (Phi) is 3.80. The van der Waals surface area contributed by atoms with Gasteiger partial charge in [0.25, 0.3) is 0 Å². The van der Waals surface area contributed by atoms with Crippen molar-refractivity contribution in [3.8, 4) is 11.5 Å². The standard InChI is InChI=1S/C16H12ClFO3/c17-16-10(4-3-5-11(16)18)8-12(19)15-9-20-13-6-1-2-7-14(13)21-15/h1-7,15H,8-9H2. The van der Waals surface area contributed by atoms with Crippen LogP contribution in [0.2, 0.25) is 5.02 Å². The molecule has 1 unspecified atom stereocenters. The molecule has 3 rings (SSSR count). The van der Waals surface area contributed by atoms with Gasteiger partial charge in [-0.05, 0) is 23.8 Å². The highest BCUT2D eigenvalue weighted by atomic mass is 35.5. The number of hydrogen-bond acceptors (Lipinski definition) is 3. The van der Waals surface area contributed by atoms with Gasteiger partial charge in [0, 0.05) is 6.42 Å². The van der Waals surface area contributed by atoms with Crippen molar-refractivity contribution >= 4 is 17.4 Å². The molecule has 0 aliphatic carbocycles. The van der Waals surface area contributed by atoms with Crippen molar-refractivity contribution in [1.82, 2.24) is 0 Å². The maximum atomic E-state index is 13.4. The maximum absolute atomic E-state index is 13.4. The molecule has 0 amide bonds.